The molecule has 0 aliphatic carbocycles. The van der Waals surface area contributed by atoms with Crippen LogP contribution in [0.25, 0.3) is 0 Å². The molecular formula is C10H15ClN2O. The number of halogens is 1. The maximum atomic E-state index is 11.2. The lowest BCUT2D eigenvalue weighted by Crippen LogP contribution is -2.12. The zero-order chi connectivity index (χ0) is 10.6. The van der Waals surface area contributed by atoms with Gasteiger partial charge in [0.2, 0.25) is 0 Å². The normalized spacial score (nSPS) is 10.9. The first-order valence-electron chi connectivity index (χ1n) is 4.77. The minimum atomic E-state index is -0.116. The molecule has 1 aromatic heterocycles. The van der Waals surface area contributed by atoms with Crippen molar-refractivity contribution in [3.63, 3.8) is 0 Å². The van der Waals surface area contributed by atoms with Crippen LogP contribution in [0.15, 0.2) is 10.9 Å². The Morgan fingerprint density at radius 1 is 1.57 bits per heavy atom. The first-order chi connectivity index (χ1) is 6.61. The quantitative estimate of drug-likeness (QED) is 0.781. The maximum absolute atomic E-state index is 11.2. The number of aromatic nitrogens is 2. The fourth-order valence-corrected chi connectivity index (χ4v) is 1.31. The highest BCUT2D eigenvalue weighted by Crippen LogP contribution is 2.05. The summed E-state index contributed by atoms with van der Waals surface area (Å²) in [6, 6.07) is 1.44. The van der Waals surface area contributed by atoms with Gasteiger partial charge in [-0.05, 0) is 12.3 Å². The number of hydrogen-bond donors (Lipinski definition) is 1. The molecule has 0 aliphatic rings. The Hall–Kier alpha value is -0.830. The second-order valence-electron chi connectivity index (χ2n) is 3.75. The van der Waals surface area contributed by atoms with Crippen molar-refractivity contribution in [3.05, 3.63) is 27.9 Å². The lowest BCUT2D eigenvalue weighted by molar-refractivity contribution is 0.573. The van der Waals surface area contributed by atoms with Gasteiger partial charge >= 0.3 is 0 Å². The minimum absolute atomic E-state index is 0.116. The molecule has 0 saturated heterocycles. The van der Waals surface area contributed by atoms with E-state index in [4.69, 9.17) is 11.6 Å². The molecule has 0 fully saturated rings. The van der Waals surface area contributed by atoms with Gasteiger partial charge in [-0.3, -0.25) is 4.79 Å². The molecular weight excluding hydrogens is 200 g/mol. The molecule has 14 heavy (non-hydrogen) atoms. The van der Waals surface area contributed by atoms with E-state index in [0.717, 1.165) is 18.7 Å². The number of aryl methyl sites for hydroxylation is 1. The van der Waals surface area contributed by atoms with Crippen molar-refractivity contribution in [2.75, 3.05) is 0 Å². The van der Waals surface area contributed by atoms with Crippen LogP contribution in [-0.4, -0.2) is 9.97 Å². The highest BCUT2D eigenvalue weighted by molar-refractivity contribution is 6.16. The first kappa shape index (κ1) is 11.2. The largest absolute Gasteiger partial charge is 0.311 e. The van der Waals surface area contributed by atoms with Crippen LogP contribution in [0.1, 0.15) is 31.8 Å². The molecule has 0 aromatic carbocycles. The molecule has 0 unspecified atom stereocenters. The minimum Gasteiger partial charge on any atom is -0.311 e. The number of aromatic amines is 1. The van der Waals surface area contributed by atoms with E-state index in [9.17, 15) is 4.79 Å². The Balaban J connectivity index is 2.76. The van der Waals surface area contributed by atoms with Crippen molar-refractivity contribution in [1.29, 1.82) is 0 Å². The third-order valence-corrected chi connectivity index (χ3v) is 2.21. The van der Waals surface area contributed by atoms with E-state index in [1.54, 1.807) is 0 Å². The molecule has 4 heteroatoms. The molecule has 0 atom stereocenters. The van der Waals surface area contributed by atoms with Gasteiger partial charge in [-0.2, -0.15) is 0 Å². The Bertz CT molecular complexity index is 346. The molecule has 0 amide bonds. The molecule has 1 rings (SSSR count). The van der Waals surface area contributed by atoms with Gasteiger partial charge < -0.3 is 4.98 Å². The van der Waals surface area contributed by atoms with Crippen LogP contribution in [0.2, 0.25) is 0 Å². The van der Waals surface area contributed by atoms with Crippen molar-refractivity contribution in [3.8, 4) is 0 Å². The summed E-state index contributed by atoms with van der Waals surface area (Å²) < 4.78 is 0. The smallest absolute Gasteiger partial charge is 0.251 e. The van der Waals surface area contributed by atoms with Gasteiger partial charge in [-0.1, -0.05) is 13.8 Å². The predicted molar refractivity (Wildman–Crippen MR) is 57.6 cm³/mol. The Morgan fingerprint density at radius 3 is 2.86 bits per heavy atom. The van der Waals surface area contributed by atoms with E-state index < -0.39 is 0 Å². The van der Waals surface area contributed by atoms with Crippen LogP contribution in [0.5, 0.6) is 0 Å². The maximum Gasteiger partial charge on any atom is 0.251 e. The summed E-state index contributed by atoms with van der Waals surface area (Å²) in [6.45, 7) is 4.28. The Kier molecular flexibility index (Phi) is 4.14. The van der Waals surface area contributed by atoms with E-state index in [-0.39, 0.29) is 5.56 Å². The summed E-state index contributed by atoms with van der Waals surface area (Å²) in [6.07, 6.45) is 1.83. The van der Waals surface area contributed by atoms with Crippen molar-refractivity contribution in [2.24, 2.45) is 5.92 Å². The van der Waals surface area contributed by atoms with E-state index in [2.05, 4.69) is 23.8 Å². The third kappa shape index (κ3) is 3.50. The molecule has 0 aliphatic heterocycles. The van der Waals surface area contributed by atoms with Crippen molar-refractivity contribution < 1.29 is 0 Å². The van der Waals surface area contributed by atoms with Gasteiger partial charge in [0.1, 0.15) is 5.82 Å². The fourth-order valence-electron chi connectivity index (χ4n) is 1.18. The zero-order valence-electron chi connectivity index (χ0n) is 8.51. The van der Waals surface area contributed by atoms with Gasteiger partial charge in [-0.15, -0.1) is 11.6 Å². The second-order valence-corrected chi connectivity index (χ2v) is 4.02. The van der Waals surface area contributed by atoms with Crippen molar-refractivity contribution in [2.45, 2.75) is 32.6 Å². The van der Waals surface area contributed by atoms with Crippen molar-refractivity contribution in [1.82, 2.24) is 9.97 Å². The fraction of sp³-hybridized carbons (Fsp3) is 0.600. The van der Waals surface area contributed by atoms with Gasteiger partial charge in [0.05, 0.1) is 11.6 Å². The summed E-state index contributed by atoms with van der Waals surface area (Å²) in [7, 11) is 0. The van der Waals surface area contributed by atoms with E-state index in [1.165, 1.54) is 6.07 Å². The molecule has 0 bridgehead atoms. The molecule has 1 heterocycles. The average molecular weight is 215 g/mol. The standard InChI is InChI=1S/C10H15ClN2O/c1-7(2)3-4-9-12-8(6-11)5-10(14)13-9/h5,7H,3-4,6H2,1-2H3,(H,12,13,14). The summed E-state index contributed by atoms with van der Waals surface area (Å²) in [5, 5.41) is 0. The Labute approximate surface area is 88.5 Å². The Morgan fingerprint density at radius 2 is 2.29 bits per heavy atom. The topological polar surface area (TPSA) is 45.8 Å². The van der Waals surface area contributed by atoms with Crippen LogP contribution in [0.4, 0.5) is 0 Å². The van der Waals surface area contributed by atoms with Crippen molar-refractivity contribution >= 4 is 11.6 Å². The van der Waals surface area contributed by atoms with Gasteiger partial charge in [0, 0.05) is 12.5 Å². The molecule has 78 valence electrons. The highest BCUT2D eigenvalue weighted by atomic mass is 35.5. The molecule has 1 N–H and O–H groups in total. The van der Waals surface area contributed by atoms with Gasteiger partial charge in [0.15, 0.2) is 0 Å². The van der Waals surface area contributed by atoms with Gasteiger partial charge in [-0.25, -0.2) is 4.98 Å². The number of nitrogens with zero attached hydrogens (tertiary/aromatic N) is 1. The second kappa shape index (κ2) is 5.15. The number of H-pyrrole nitrogens is 1. The third-order valence-electron chi connectivity index (χ3n) is 1.94. The molecule has 0 spiro atoms. The van der Waals surface area contributed by atoms with E-state index in [0.29, 0.717) is 17.5 Å². The average Bonchev–Trinajstić information content (AvgIpc) is 2.14. The summed E-state index contributed by atoms with van der Waals surface area (Å²) >= 11 is 5.62. The monoisotopic (exact) mass is 214 g/mol. The van der Waals surface area contributed by atoms with Crippen LogP contribution >= 0.6 is 11.6 Å². The van der Waals surface area contributed by atoms with Crippen LogP contribution in [0.3, 0.4) is 0 Å². The number of alkyl halides is 1. The lowest BCUT2D eigenvalue weighted by Gasteiger charge is -2.04. The number of hydrogen-bond acceptors (Lipinski definition) is 2. The summed E-state index contributed by atoms with van der Waals surface area (Å²) in [5.41, 5.74) is 0.531. The predicted octanol–water partition coefficient (Wildman–Crippen LogP) is 2.10. The number of nitrogens with one attached hydrogen (secondary N) is 1. The zero-order valence-corrected chi connectivity index (χ0v) is 9.27. The molecule has 0 radical (unpaired) electrons. The molecule has 0 saturated carbocycles. The summed E-state index contributed by atoms with van der Waals surface area (Å²) in [4.78, 5) is 18.1. The van der Waals surface area contributed by atoms with Crippen LogP contribution in [-0.2, 0) is 12.3 Å². The lowest BCUT2D eigenvalue weighted by atomic mass is 10.1. The van der Waals surface area contributed by atoms with Crippen LogP contribution < -0.4 is 5.56 Å². The first-order valence-corrected chi connectivity index (χ1v) is 5.30. The van der Waals surface area contributed by atoms with Crippen LogP contribution in [0, 0.1) is 5.92 Å². The molecule has 3 nitrogen and oxygen atoms in total. The van der Waals surface area contributed by atoms with E-state index >= 15 is 0 Å². The number of rotatable bonds is 4. The van der Waals surface area contributed by atoms with Gasteiger partial charge in [0.25, 0.3) is 5.56 Å². The highest BCUT2D eigenvalue weighted by Gasteiger charge is 2.01. The summed E-state index contributed by atoms with van der Waals surface area (Å²) in [5.74, 6) is 1.64. The van der Waals surface area contributed by atoms with E-state index in [1.807, 2.05) is 0 Å². The SMILES string of the molecule is CC(C)CCc1nc(CCl)cc(=O)[nH]1. The molecule has 1 aromatic rings.